The summed E-state index contributed by atoms with van der Waals surface area (Å²) in [4.78, 5) is 12.9. The van der Waals surface area contributed by atoms with Crippen molar-refractivity contribution in [2.24, 2.45) is 10.8 Å². The van der Waals surface area contributed by atoms with Crippen molar-refractivity contribution in [2.75, 3.05) is 6.61 Å². The molecule has 2 fully saturated rings. The molecule has 29 heavy (non-hydrogen) atoms. The number of carbonyl (C=O) groups is 1. The highest BCUT2D eigenvalue weighted by Crippen LogP contribution is 2.63. The Morgan fingerprint density at radius 3 is 2.24 bits per heavy atom. The number of fused-ring (bicyclic) bond motifs is 2. The largest absolute Gasteiger partial charge is 0.463 e. The quantitative estimate of drug-likeness (QED) is 0.366. The first kappa shape index (κ1) is 22.8. The molecule has 164 valence electrons. The topological polar surface area (TPSA) is 35.5 Å². The van der Waals surface area contributed by atoms with Gasteiger partial charge in [0.25, 0.3) is 0 Å². The minimum Gasteiger partial charge on any atom is -0.463 e. The Balaban J connectivity index is 2.13. The maximum Gasteiger partial charge on any atom is 0.334 e. The van der Waals surface area contributed by atoms with Gasteiger partial charge in [-0.2, -0.15) is 0 Å². The van der Waals surface area contributed by atoms with Gasteiger partial charge >= 0.3 is 5.97 Å². The van der Waals surface area contributed by atoms with Crippen LogP contribution >= 0.6 is 0 Å². The summed E-state index contributed by atoms with van der Waals surface area (Å²) in [6.45, 7) is 21.2. The minimum absolute atomic E-state index is 0.00516. The van der Waals surface area contributed by atoms with Crippen molar-refractivity contribution in [3.8, 4) is 0 Å². The number of hydrogen-bond acceptors (Lipinski definition) is 3. The summed E-state index contributed by atoms with van der Waals surface area (Å²) in [7, 11) is -1.92. The van der Waals surface area contributed by atoms with Gasteiger partial charge in [-0.1, -0.05) is 41.5 Å². The number of ether oxygens (including phenoxy) is 1. The second-order valence-corrected chi connectivity index (χ2v) is 16.7. The summed E-state index contributed by atoms with van der Waals surface area (Å²) < 4.78 is 12.6. The normalized spacial score (nSPS) is 29.6. The summed E-state index contributed by atoms with van der Waals surface area (Å²) >= 11 is 0. The van der Waals surface area contributed by atoms with Crippen LogP contribution in [0.3, 0.4) is 0 Å². The Kier molecular flexibility index (Phi) is 5.79. The third-order valence-electron chi connectivity index (χ3n) is 7.93. The molecule has 0 aliphatic heterocycles. The molecule has 3 rings (SSSR count). The number of allylic oxidation sites excluding steroid dienone is 2. The second kappa shape index (κ2) is 7.37. The average molecular weight is 419 g/mol. The fraction of sp³-hybridized carbons (Fsp3) is 0.800. The van der Waals surface area contributed by atoms with Crippen LogP contribution in [0.2, 0.25) is 18.1 Å². The third-order valence-corrected chi connectivity index (χ3v) is 12.4. The van der Waals surface area contributed by atoms with Gasteiger partial charge in [-0.25, -0.2) is 4.79 Å². The number of hydrogen-bond donors (Lipinski definition) is 0. The molecule has 0 amide bonds. The van der Waals surface area contributed by atoms with E-state index < -0.39 is 8.32 Å². The standard InChI is InChI=1S/C25H42O3Si/c1-10-27-22(26)19-15-25(7)16-24(5,6)21(28-29(8,9)23(2,3)4)20(25)18-14-12-11-13-17(18)19/h21H,10-16H2,1-9H3/t21?,25-/m1/s1. The van der Waals surface area contributed by atoms with Crippen LogP contribution in [0.5, 0.6) is 0 Å². The first-order valence-corrected chi connectivity index (χ1v) is 14.5. The Morgan fingerprint density at radius 2 is 1.69 bits per heavy atom. The zero-order valence-electron chi connectivity index (χ0n) is 20.3. The first-order valence-electron chi connectivity index (χ1n) is 11.5. The highest BCUT2D eigenvalue weighted by molar-refractivity contribution is 6.74. The van der Waals surface area contributed by atoms with E-state index in [2.05, 4.69) is 54.6 Å². The molecule has 2 atom stereocenters. The van der Waals surface area contributed by atoms with Crippen molar-refractivity contribution in [1.29, 1.82) is 0 Å². The monoisotopic (exact) mass is 418 g/mol. The van der Waals surface area contributed by atoms with E-state index in [1.807, 2.05) is 6.92 Å². The smallest absolute Gasteiger partial charge is 0.334 e. The molecule has 0 N–H and O–H groups in total. The first-order chi connectivity index (χ1) is 13.2. The SMILES string of the molecule is CCOC(=O)C1=C2CCCCC2=C2C(O[Si](C)(C)C(C)(C)C)C(C)(C)C[C@@]2(C)C1. The van der Waals surface area contributed by atoms with Crippen LogP contribution < -0.4 is 0 Å². The molecule has 0 aromatic carbocycles. The van der Waals surface area contributed by atoms with Crippen molar-refractivity contribution in [3.05, 3.63) is 22.3 Å². The van der Waals surface area contributed by atoms with Gasteiger partial charge in [-0.05, 0) is 91.1 Å². The molecule has 4 heteroatoms. The van der Waals surface area contributed by atoms with Crippen molar-refractivity contribution in [1.82, 2.24) is 0 Å². The number of rotatable bonds is 4. The van der Waals surface area contributed by atoms with Gasteiger partial charge in [0.2, 0.25) is 0 Å². The van der Waals surface area contributed by atoms with Crippen LogP contribution in [0, 0.1) is 10.8 Å². The third kappa shape index (κ3) is 3.92. The maximum atomic E-state index is 12.9. The molecule has 0 saturated heterocycles. The Hall–Kier alpha value is -0.873. The maximum absolute atomic E-state index is 12.9. The highest BCUT2D eigenvalue weighted by Gasteiger charge is 2.57. The summed E-state index contributed by atoms with van der Waals surface area (Å²) in [5, 5.41) is 0.184. The van der Waals surface area contributed by atoms with Gasteiger partial charge in [-0.3, -0.25) is 0 Å². The lowest BCUT2D eigenvalue weighted by molar-refractivity contribution is -0.139. The predicted molar refractivity (Wildman–Crippen MR) is 122 cm³/mol. The van der Waals surface area contributed by atoms with E-state index in [0.717, 1.165) is 31.3 Å². The van der Waals surface area contributed by atoms with E-state index >= 15 is 0 Å². The average Bonchev–Trinajstić information content (AvgIpc) is 2.78. The van der Waals surface area contributed by atoms with Crippen molar-refractivity contribution in [2.45, 2.75) is 111 Å². The summed E-state index contributed by atoms with van der Waals surface area (Å²) in [6, 6.07) is 0. The highest BCUT2D eigenvalue weighted by atomic mass is 28.4. The fourth-order valence-electron chi connectivity index (χ4n) is 5.72. The summed E-state index contributed by atoms with van der Waals surface area (Å²) in [5.41, 5.74) is 5.28. The molecular weight excluding hydrogens is 376 g/mol. The van der Waals surface area contributed by atoms with Crippen molar-refractivity contribution in [3.63, 3.8) is 0 Å². The zero-order valence-corrected chi connectivity index (χ0v) is 21.3. The Bertz CT molecular complexity index is 751. The van der Waals surface area contributed by atoms with Gasteiger partial charge in [-0.15, -0.1) is 0 Å². The lowest BCUT2D eigenvalue weighted by atomic mass is 9.66. The molecule has 3 aliphatic carbocycles. The van der Waals surface area contributed by atoms with E-state index in [-0.39, 0.29) is 27.9 Å². The Labute approximate surface area is 179 Å². The van der Waals surface area contributed by atoms with Crippen LogP contribution in [-0.4, -0.2) is 27.0 Å². The van der Waals surface area contributed by atoms with Crippen molar-refractivity contribution < 1.29 is 14.0 Å². The van der Waals surface area contributed by atoms with E-state index in [1.165, 1.54) is 29.6 Å². The molecule has 0 bridgehead atoms. The summed E-state index contributed by atoms with van der Waals surface area (Å²) in [5.74, 6) is -0.0891. The number of carbonyl (C=O) groups excluding carboxylic acids is 1. The summed E-state index contributed by atoms with van der Waals surface area (Å²) in [6.07, 6.45) is 6.49. The van der Waals surface area contributed by atoms with E-state index in [9.17, 15) is 4.79 Å². The molecule has 0 radical (unpaired) electrons. The zero-order chi connectivity index (χ0) is 21.8. The molecule has 3 aliphatic rings. The van der Waals surface area contributed by atoms with Crippen LogP contribution in [0.25, 0.3) is 0 Å². The molecule has 3 nitrogen and oxygen atoms in total. The Morgan fingerprint density at radius 1 is 1.10 bits per heavy atom. The van der Waals surface area contributed by atoms with Crippen LogP contribution in [0.15, 0.2) is 22.3 Å². The molecule has 0 aromatic heterocycles. The molecule has 0 aromatic rings. The lowest BCUT2D eigenvalue weighted by Gasteiger charge is -2.44. The van der Waals surface area contributed by atoms with Gasteiger partial charge in [0, 0.05) is 5.57 Å². The van der Waals surface area contributed by atoms with Gasteiger partial charge in [0.15, 0.2) is 8.32 Å². The molecule has 1 unspecified atom stereocenters. The van der Waals surface area contributed by atoms with Gasteiger partial charge in [0.1, 0.15) is 0 Å². The van der Waals surface area contributed by atoms with Crippen LogP contribution in [0.4, 0.5) is 0 Å². The predicted octanol–water partition coefficient (Wildman–Crippen LogP) is 6.95. The minimum atomic E-state index is -1.92. The fourth-order valence-corrected chi connectivity index (χ4v) is 7.10. The van der Waals surface area contributed by atoms with Crippen LogP contribution in [-0.2, 0) is 14.0 Å². The molecule has 0 spiro atoms. The molecule has 2 saturated carbocycles. The van der Waals surface area contributed by atoms with Gasteiger partial charge < -0.3 is 9.16 Å². The van der Waals surface area contributed by atoms with E-state index in [1.54, 1.807) is 0 Å². The van der Waals surface area contributed by atoms with E-state index in [4.69, 9.17) is 9.16 Å². The van der Waals surface area contributed by atoms with E-state index in [0.29, 0.717) is 6.61 Å². The lowest BCUT2D eigenvalue weighted by Crippen LogP contribution is -2.47. The number of esters is 1. The van der Waals surface area contributed by atoms with Crippen molar-refractivity contribution >= 4 is 14.3 Å². The molecular formula is C25H42O3Si. The second-order valence-electron chi connectivity index (χ2n) is 11.9. The molecule has 0 heterocycles. The van der Waals surface area contributed by atoms with Gasteiger partial charge in [0.05, 0.1) is 12.7 Å². The van der Waals surface area contributed by atoms with Crippen LogP contribution in [0.1, 0.15) is 87.0 Å².